The van der Waals surface area contributed by atoms with Crippen molar-refractivity contribution in [2.24, 2.45) is 5.92 Å². The molecule has 1 N–H and O–H groups in total. The minimum Gasteiger partial charge on any atom is -0.381 e. The number of nitrogens with one attached hydrogen (secondary N) is 1. The first-order valence-corrected chi connectivity index (χ1v) is 6.81. The lowest BCUT2D eigenvalue weighted by atomic mass is 10.1. The zero-order valence-corrected chi connectivity index (χ0v) is 11.1. The Morgan fingerprint density at radius 3 is 3.06 bits per heavy atom. The van der Waals surface area contributed by atoms with Crippen LogP contribution in [-0.2, 0) is 4.74 Å². The Morgan fingerprint density at radius 1 is 1.61 bits per heavy atom. The van der Waals surface area contributed by atoms with Crippen LogP contribution in [0, 0.1) is 5.92 Å². The van der Waals surface area contributed by atoms with E-state index in [1.165, 1.54) is 13.1 Å². The fourth-order valence-corrected chi connectivity index (χ4v) is 2.56. The van der Waals surface area contributed by atoms with E-state index in [1.54, 1.807) is 0 Å². The number of hydrogen-bond acceptors (Lipinski definition) is 5. The molecule has 1 aromatic rings. The van der Waals surface area contributed by atoms with Crippen molar-refractivity contribution in [3.63, 3.8) is 0 Å². The highest BCUT2D eigenvalue weighted by Crippen LogP contribution is 2.16. The van der Waals surface area contributed by atoms with Gasteiger partial charge in [0.2, 0.25) is 0 Å². The molecular formula is C12H16N2O3S. The van der Waals surface area contributed by atoms with Crippen LogP contribution in [-0.4, -0.2) is 36.4 Å². The molecule has 0 unspecified atom stereocenters. The predicted molar refractivity (Wildman–Crippen MR) is 68.0 cm³/mol. The van der Waals surface area contributed by atoms with Gasteiger partial charge in [0.15, 0.2) is 10.8 Å². The van der Waals surface area contributed by atoms with E-state index in [-0.39, 0.29) is 11.7 Å². The summed E-state index contributed by atoms with van der Waals surface area (Å²) in [5.41, 5.74) is 0. The van der Waals surface area contributed by atoms with Gasteiger partial charge in [-0.3, -0.25) is 9.59 Å². The maximum Gasteiger partial charge on any atom is 0.263 e. The molecule has 0 saturated carbocycles. The quantitative estimate of drug-likeness (QED) is 0.822. The van der Waals surface area contributed by atoms with E-state index in [4.69, 9.17) is 4.74 Å². The Hall–Kier alpha value is -1.27. The first-order chi connectivity index (χ1) is 8.66. The van der Waals surface area contributed by atoms with E-state index in [1.807, 2.05) is 0 Å². The van der Waals surface area contributed by atoms with Gasteiger partial charge in [-0.2, -0.15) is 0 Å². The fraction of sp³-hybridized carbons (Fsp3) is 0.583. The van der Waals surface area contributed by atoms with Crippen molar-refractivity contribution >= 4 is 23.0 Å². The number of nitrogens with zero attached hydrogens (tertiary/aromatic N) is 1. The minimum atomic E-state index is -0.154. The number of hydrogen-bond donors (Lipinski definition) is 1. The Kier molecular flexibility index (Phi) is 4.43. The lowest BCUT2D eigenvalue weighted by Crippen LogP contribution is -2.25. The highest BCUT2D eigenvalue weighted by molar-refractivity contribution is 7.15. The average molecular weight is 268 g/mol. The van der Waals surface area contributed by atoms with Crippen molar-refractivity contribution in [2.45, 2.75) is 19.8 Å². The van der Waals surface area contributed by atoms with Crippen LogP contribution in [0.5, 0.6) is 0 Å². The van der Waals surface area contributed by atoms with Gasteiger partial charge in [0, 0.05) is 26.7 Å². The number of thiazole rings is 1. The van der Waals surface area contributed by atoms with Crippen LogP contribution in [0.4, 0.5) is 0 Å². The summed E-state index contributed by atoms with van der Waals surface area (Å²) in [6, 6.07) is 0. The van der Waals surface area contributed by atoms with Gasteiger partial charge in [0.1, 0.15) is 4.88 Å². The van der Waals surface area contributed by atoms with Crippen molar-refractivity contribution in [1.82, 2.24) is 10.3 Å². The molecule has 18 heavy (non-hydrogen) atoms. The smallest absolute Gasteiger partial charge is 0.263 e. The molecule has 98 valence electrons. The summed E-state index contributed by atoms with van der Waals surface area (Å²) < 4.78 is 5.27. The van der Waals surface area contributed by atoms with Gasteiger partial charge in [-0.15, -0.1) is 11.3 Å². The molecule has 1 saturated heterocycles. The van der Waals surface area contributed by atoms with Crippen LogP contribution in [0.2, 0.25) is 0 Å². The Bertz CT molecular complexity index is 438. The highest BCUT2D eigenvalue weighted by Gasteiger charge is 2.16. The summed E-state index contributed by atoms with van der Waals surface area (Å²) in [4.78, 5) is 27.2. The zero-order chi connectivity index (χ0) is 13.0. The molecule has 1 fully saturated rings. The maximum atomic E-state index is 11.8. The van der Waals surface area contributed by atoms with E-state index in [0.717, 1.165) is 37.4 Å². The summed E-state index contributed by atoms with van der Waals surface area (Å²) in [5.74, 6) is 0.292. The number of rotatable bonds is 5. The molecule has 1 amide bonds. The van der Waals surface area contributed by atoms with Crippen LogP contribution in [0.1, 0.15) is 39.2 Å². The molecule has 0 spiro atoms. The van der Waals surface area contributed by atoms with Gasteiger partial charge >= 0.3 is 0 Å². The normalized spacial score (nSPS) is 18.8. The average Bonchev–Trinajstić information content (AvgIpc) is 2.99. The molecule has 1 aliphatic rings. The molecule has 0 bridgehead atoms. The van der Waals surface area contributed by atoms with Crippen LogP contribution in [0.3, 0.4) is 0 Å². The molecule has 5 nitrogen and oxygen atoms in total. The third-order valence-corrected chi connectivity index (χ3v) is 3.99. The standard InChI is InChI=1S/C12H16N2O3S/c1-8(15)12-14-6-10(18-12)11(16)13-4-2-9-3-5-17-7-9/h6,9H,2-5,7H2,1H3,(H,13,16)/t9-/m1/s1. The molecule has 0 radical (unpaired) electrons. The molecular weight excluding hydrogens is 252 g/mol. The second-order valence-electron chi connectivity index (χ2n) is 4.36. The fourth-order valence-electron chi connectivity index (χ4n) is 1.83. The van der Waals surface area contributed by atoms with Crippen molar-refractivity contribution in [3.8, 4) is 0 Å². The Balaban J connectivity index is 1.77. The number of Topliss-reactive ketones (excluding diaryl/α,β-unsaturated/α-hetero) is 1. The van der Waals surface area contributed by atoms with E-state index in [0.29, 0.717) is 22.3 Å². The van der Waals surface area contributed by atoms with Crippen molar-refractivity contribution in [2.75, 3.05) is 19.8 Å². The molecule has 0 aliphatic carbocycles. The summed E-state index contributed by atoms with van der Waals surface area (Å²) in [5, 5.41) is 3.22. The van der Waals surface area contributed by atoms with Gasteiger partial charge in [0.25, 0.3) is 5.91 Å². The summed E-state index contributed by atoms with van der Waals surface area (Å²) in [6.07, 6.45) is 3.46. The van der Waals surface area contributed by atoms with Gasteiger partial charge in [-0.25, -0.2) is 4.98 Å². The third kappa shape index (κ3) is 3.36. The second-order valence-corrected chi connectivity index (χ2v) is 5.39. The van der Waals surface area contributed by atoms with Crippen LogP contribution in [0.25, 0.3) is 0 Å². The number of ether oxygens (including phenoxy) is 1. The molecule has 0 aromatic carbocycles. The largest absolute Gasteiger partial charge is 0.381 e. The van der Waals surface area contributed by atoms with Crippen LogP contribution in [0.15, 0.2) is 6.20 Å². The summed E-state index contributed by atoms with van der Waals surface area (Å²) in [6.45, 7) is 3.71. The number of carbonyl (C=O) groups is 2. The minimum absolute atomic E-state index is 0.109. The van der Waals surface area contributed by atoms with Gasteiger partial charge in [-0.1, -0.05) is 0 Å². The van der Waals surface area contributed by atoms with Crippen LogP contribution < -0.4 is 5.32 Å². The highest BCUT2D eigenvalue weighted by atomic mass is 32.1. The Labute approximate surface area is 110 Å². The lowest BCUT2D eigenvalue weighted by Gasteiger charge is -2.07. The summed E-state index contributed by atoms with van der Waals surface area (Å²) in [7, 11) is 0. The SMILES string of the molecule is CC(=O)c1ncc(C(=O)NCC[C@@H]2CCOC2)s1. The number of amides is 1. The van der Waals surface area contributed by atoms with Crippen molar-refractivity contribution < 1.29 is 14.3 Å². The van der Waals surface area contributed by atoms with Crippen molar-refractivity contribution in [1.29, 1.82) is 0 Å². The molecule has 1 atom stereocenters. The molecule has 1 aliphatic heterocycles. The third-order valence-electron chi connectivity index (χ3n) is 2.89. The van der Waals surface area contributed by atoms with Gasteiger partial charge < -0.3 is 10.1 Å². The predicted octanol–water partition coefficient (Wildman–Crippen LogP) is 1.50. The van der Waals surface area contributed by atoms with E-state index >= 15 is 0 Å². The van der Waals surface area contributed by atoms with Gasteiger partial charge in [0.05, 0.1) is 6.20 Å². The van der Waals surface area contributed by atoms with E-state index in [2.05, 4.69) is 10.3 Å². The monoisotopic (exact) mass is 268 g/mol. The lowest BCUT2D eigenvalue weighted by molar-refractivity contribution is 0.0953. The molecule has 1 aromatic heterocycles. The Morgan fingerprint density at radius 2 is 2.44 bits per heavy atom. The number of ketones is 1. The first-order valence-electron chi connectivity index (χ1n) is 5.99. The maximum absolute atomic E-state index is 11.8. The van der Waals surface area contributed by atoms with Crippen LogP contribution >= 0.6 is 11.3 Å². The molecule has 2 rings (SSSR count). The topological polar surface area (TPSA) is 68.3 Å². The number of carbonyl (C=O) groups excluding carboxylic acids is 2. The molecule has 2 heterocycles. The first kappa shape index (κ1) is 13.2. The van der Waals surface area contributed by atoms with Gasteiger partial charge in [-0.05, 0) is 18.8 Å². The number of aromatic nitrogens is 1. The van der Waals surface area contributed by atoms with Crippen molar-refractivity contribution in [3.05, 3.63) is 16.1 Å². The summed E-state index contributed by atoms with van der Waals surface area (Å²) >= 11 is 1.13. The van der Waals surface area contributed by atoms with E-state index in [9.17, 15) is 9.59 Å². The zero-order valence-electron chi connectivity index (χ0n) is 10.3. The molecule has 6 heteroatoms. The van der Waals surface area contributed by atoms with E-state index < -0.39 is 0 Å². The second kappa shape index (κ2) is 6.06.